The molecule has 0 radical (unpaired) electrons. The Labute approximate surface area is 86.5 Å². The SMILES string of the molecule is CSc1ccc2c(c1)CC(C(=O)O)N2. The Kier molecular flexibility index (Phi) is 2.37. The maximum absolute atomic E-state index is 10.8. The van der Waals surface area contributed by atoms with E-state index in [1.165, 1.54) is 4.90 Å². The number of nitrogens with one attached hydrogen (secondary N) is 1. The molecule has 1 heterocycles. The first kappa shape index (κ1) is 9.40. The maximum Gasteiger partial charge on any atom is 0.326 e. The summed E-state index contributed by atoms with van der Waals surface area (Å²) < 4.78 is 0. The summed E-state index contributed by atoms with van der Waals surface area (Å²) in [6.45, 7) is 0. The number of thioether (sulfide) groups is 1. The van der Waals surface area contributed by atoms with Gasteiger partial charge >= 0.3 is 5.97 Å². The third kappa shape index (κ3) is 1.57. The molecule has 0 amide bonds. The fourth-order valence-electron chi connectivity index (χ4n) is 1.61. The molecule has 0 spiro atoms. The standard InChI is InChI=1S/C10H11NO2S/c1-14-7-2-3-8-6(4-7)5-9(11-8)10(12)13/h2-4,9,11H,5H2,1H3,(H,12,13). The van der Waals surface area contributed by atoms with Gasteiger partial charge in [-0.25, -0.2) is 4.79 Å². The quantitative estimate of drug-likeness (QED) is 0.730. The van der Waals surface area contributed by atoms with Gasteiger partial charge in [0.1, 0.15) is 6.04 Å². The van der Waals surface area contributed by atoms with Gasteiger partial charge in [-0.3, -0.25) is 0 Å². The Morgan fingerprint density at radius 3 is 3.07 bits per heavy atom. The molecule has 3 nitrogen and oxygen atoms in total. The summed E-state index contributed by atoms with van der Waals surface area (Å²) in [6.07, 6.45) is 2.60. The molecule has 1 aromatic carbocycles. The number of aliphatic carboxylic acids is 1. The van der Waals surface area contributed by atoms with Crippen LogP contribution in [0.15, 0.2) is 23.1 Å². The predicted octanol–water partition coefficient (Wildman–Crippen LogP) is 1.83. The highest BCUT2D eigenvalue weighted by Gasteiger charge is 2.25. The molecular weight excluding hydrogens is 198 g/mol. The zero-order valence-corrected chi connectivity index (χ0v) is 8.60. The average molecular weight is 209 g/mol. The molecule has 1 aromatic rings. The number of rotatable bonds is 2. The van der Waals surface area contributed by atoms with Crippen LogP contribution in [0.4, 0.5) is 5.69 Å². The highest BCUT2D eigenvalue weighted by atomic mass is 32.2. The zero-order chi connectivity index (χ0) is 10.1. The van der Waals surface area contributed by atoms with Crippen LogP contribution in [0.1, 0.15) is 5.56 Å². The van der Waals surface area contributed by atoms with Gasteiger partial charge in [0.2, 0.25) is 0 Å². The number of fused-ring (bicyclic) bond motifs is 1. The van der Waals surface area contributed by atoms with E-state index < -0.39 is 12.0 Å². The van der Waals surface area contributed by atoms with Gasteiger partial charge in [-0.05, 0) is 30.0 Å². The first-order valence-corrected chi connectivity index (χ1v) is 5.59. The molecule has 0 fully saturated rings. The van der Waals surface area contributed by atoms with Gasteiger partial charge in [-0.2, -0.15) is 0 Å². The summed E-state index contributed by atoms with van der Waals surface area (Å²) in [4.78, 5) is 11.9. The Balaban J connectivity index is 2.27. The van der Waals surface area contributed by atoms with Crippen LogP contribution in [-0.4, -0.2) is 23.4 Å². The number of carbonyl (C=O) groups is 1. The molecule has 1 unspecified atom stereocenters. The van der Waals surface area contributed by atoms with E-state index in [4.69, 9.17) is 5.11 Å². The van der Waals surface area contributed by atoms with Gasteiger partial charge in [-0.1, -0.05) is 0 Å². The first-order chi connectivity index (χ1) is 6.70. The van der Waals surface area contributed by atoms with Crippen molar-refractivity contribution in [1.82, 2.24) is 0 Å². The van der Waals surface area contributed by atoms with E-state index in [2.05, 4.69) is 11.4 Å². The fraction of sp³-hybridized carbons (Fsp3) is 0.300. The molecule has 14 heavy (non-hydrogen) atoms. The third-order valence-electron chi connectivity index (χ3n) is 2.36. The molecule has 0 saturated heterocycles. The minimum Gasteiger partial charge on any atom is -0.480 e. The van der Waals surface area contributed by atoms with Crippen LogP contribution in [0.25, 0.3) is 0 Å². The van der Waals surface area contributed by atoms with Crippen molar-refractivity contribution in [2.24, 2.45) is 0 Å². The summed E-state index contributed by atoms with van der Waals surface area (Å²) in [5, 5.41) is 11.8. The number of benzene rings is 1. The van der Waals surface area contributed by atoms with Gasteiger partial charge in [0.25, 0.3) is 0 Å². The Morgan fingerprint density at radius 1 is 1.64 bits per heavy atom. The van der Waals surface area contributed by atoms with E-state index in [9.17, 15) is 4.79 Å². The van der Waals surface area contributed by atoms with E-state index >= 15 is 0 Å². The molecule has 2 N–H and O–H groups in total. The van der Waals surface area contributed by atoms with E-state index in [1.54, 1.807) is 11.8 Å². The Hall–Kier alpha value is -1.16. The Morgan fingerprint density at radius 2 is 2.43 bits per heavy atom. The zero-order valence-electron chi connectivity index (χ0n) is 7.78. The highest BCUT2D eigenvalue weighted by molar-refractivity contribution is 7.98. The summed E-state index contributed by atoms with van der Waals surface area (Å²) >= 11 is 1.67. The molecule has 1 aliphatic heterocycles. The molecule has 0 aliphatic carbocycles. The van der Waals surface area contributed by atoms with Gasteiger partial charge in [-0.15, -0.1) is 11.8 Å². The van der Waals surface area contributed by atoms with Crippen molar-refractivity contribution in [1.29, 1.82) is 0 Å². The molecule has 0 saturated carbocycles. The van der Waals surface area contributed by atoms with Crippen molar-refractivity contribution >= 4 is 23.4 Å². The first-order valence-electron chi connectivity index (χ1n) is 4.37. The van der Waals surface area contributed by atoms with Gasteiger partial charge < -0.3 is 10.4 Å². The molecule has 0 bridgehead atoms. The van der Waals surface area contributed by atoms with Crippen LogP contribution in [0.5, 0.6) is 0 Å². The molecule has 0 aromatic heterocycles. The lowest BCUT2D eigenvalue weighted by molar-refractivity contribution is -0.137. The fourth-order valence-corrected chi connectivity index (χ4v) is 2.08. The van der Waals surface area contributed by atoms with Crippen molar-refractivity contribution in [2.45, 2.75) is 17.4 Å². The van der Waals surface area contributed by atoms with Crippen molar-refractivity contribution in [2.75, 3.05) is 11.6 Å². The molecule has 1 atom stereocenters. The van der Waals surface area contributed by atoms with Gasteiger partial charge in [0.05, 0.1) is 0 Å². The molecular formula is C10H11NO2S. The minimum absolute atomic E-state index is 0.456. The third-order valence-corrected chi connectivity index (χ3v) is 3.09. The second kappa shape index (κ2) is 3.53. The molecule has 4 heteroatoms. The van der Waals surface area contributed by atoms with E-state index in [1.807, 2.05) is 18.4 Å². The van der Waals surface area contributed by atoms with E-state index in [0.29, 0.717) is 6.42 Å². The number of anilines is 1. The highest BCUT2D eigenvalue weighted by Crippen LogP contribution is 2.29. The van der Waals surface area contributed by atoms with Gasteiger partial charge in [0.15, 0.2) is 0 Å². The lowest BCUT2D eigenvalue weighted by Crippen LogP contribution is -2.26. The topological polar surface area (TPSA) is 49.3 Å². The van der Waals surface area contributed by atoms with Crippen LogP contribution in [-0.2, 0) is 11.2 Å². The van der Waals surface area contributed by atoms with E-state index in [-0.39, 0.29) is 0 Å². The smallest absolute Gasteiger partial charge is 0.326 e. The second-order valence-electron chi connectivity index (χ2n) is 3.26. The number of hydrogen-bond donors (Lipinski definition) is 2. The number of hydrogen-bond acceptors (Lipinski definition) is 3. The summed E-state index contributed by atoms with van der Waals surface area (Å²) in [5.74, 6) is -0.785. The van der Waals surface area contributed by atoms with Crippen molar-refractivity contribution in [3.05, 3.63) is 23.8 Å². The summed E-state index contributed by atoms with van der Waals surface area (Å²) in [5.41, 5.74) is 2.06. The second-order valence-corrected chi connectivity index (χ2v) is 4.14. The molecule has 74 valence electrons. The lowest BCUT2D eigenvalue weighted by Gasteiger charge is -2.03. The Bertz CT molecular complexity index is 378. The average Bonchev–Trinajstić information content (AvgIpc) is 2.59. The molecule has 1 aliphatic rings. The minimum atomic E-state index is -0.785. The number of carboxylic acid groups (broad SMARTS) is 1. The normalized spacial score (nSPS) is 18.8. The monoisotopic (exact) mass is 209 g/mol. The lowest BCUT2D eigenvalue weighted by atomic mass is 10.1. The summed E-state index contributed by atoms with van der Waals surface area (Å²) in [6, 6.07) is 5.54. The maximum atomic E-state index is 10.8. The molecule has 2 rings (SSSR count). The van der Waals surface area contributed by atoms with E-state index in [0.717, 1.165) is 11.3 Å². The van der Waals surface area contributed by atoms with Crippen LogP contribution in [0, 0.1) is 0 Å². The van der Waals surface area contributed by atoms with Crippen molar-refractivity contribution in [3.8, 4) is 0 Å². The van der Waals surface area contributed by atoms with Crippen molar-refractivity contribution in [3.63, 3.8) is 0 Å². The van der Waals surface area contributed by atoms with Crippen LogP contribution < -0.4 is 5.32 Å². The predicted molar refractivity (Wildman–Crippen MR) is 57.0 cm³/mol. The summed E-state index contributed by atoms with van der Waals surface area (Å²) in [7, 11) is 0. The van der Waals surface area contributed by atoms with Crippen LogP contribution in [0.2, 0.25) is 0 Å². The van der Waals surface area contributed by atoms with Gasteiger partial charge in [0, 0.05) is 17.0 Å². The van der Waals surface area contributed by atoms with Crippen molar-refractivity contribution < 1.29 is 9.90 Å². The van der Waals surface area contributed by atoms with Crippen LogP contribution >= 0.6 is 11.8 Å². The largest absolute Gasteiger partial charge is 0.480 e. The number of carboxylic acids is 1. The van der Waals surface area contributed by atoms with Crippen LogP contribution in [0.3, 0.4) is 0 Å².